The fraction of sp³-hybridized carbons (Fsp3) is 0.462. The average molecular weight is 202 g/mol. The van der Waals surface area contributed by atoms with Gasteiger partial charge in [-0.05, 0) is 38.8 Å². The smallest absolute Gasteiger partial charge is 0.129 e. The normalized spacial score (nSPS) is 20.0. The summed E-state index contributed by atoms with van der Waals surface area (Å²) in [6.07, 6.45) is 0. The van der Waals surface area contributed by atoms with Crippen molar-refractivity contribution in [3.05, 3.63) is 34.4 Å². The van der Waals surface area contributed by atoms with Crippen molar-refractivity contribution in [1.82, 2.24) is 5.32 Å². The maximum absolute atomic E-state index is 4.54. The largest absolute Gasteiger partial charge is 0.366 e. The van der Waals surface area contributed by atoms with Gasteiger partial charge in [0, 0.05) is 11.6 Å². The molecule has 0 aromatic heterocycles. The van der Waals surface area contributed by atoms with Gasteiger partial charge in [-0.25, -0.2) is 0 Å². The summed E-state index contributed by atoms with van der Waals surface area (Å²) in [5.74, 6) is 1.07. The monoisotopic (exact) mass is 202 g/mol. The molecule has 2 rings (SSSR count). The zero-order chi connectivity index (χ0) is 11.0. The second-order valence-corrected chi connectivity index (χ2v) is 4.51. The highest BCUT2D eigenvalue weighted by Gasteiger charge is 2.17. The first-order chi connectivity index (χ1) is 7.08. The van der Waals surface area contributed by atoms with Crippen LogP contribution in [-0.2, 0) is 0 Å². The molecule has 1 aliphatic heterocycles. The maximum Gasteiger partial charge on any atom is 0.129 e. The van der Waals surface area contributed by atoms with E-state index >= 15 is 0 Å². The van der Waals surface area contributed by atoms with Crippen LogP contribution in [0.25, 0.3) is 0 Å². The van der Waals surface area contributed by atoms with Crippen molar-refractivity contribution in [1.29, 1.82) is 0 Å². The van der Waals surface area contributed by atoms with E-state index in [-0.39, 0.29) is 0 Å². The van der Waals surface area contributed by atoms with Gasteiger partial charge >= 0.3 is 0 Å². The average Bonchev–Trinajstić information content (AvgIpc) is 2.49. The molecule has 2 nitrogen and oxygen atoms in total. The number of rotatable bonds is 1. The van der Waals surface area contributed by atoms with E-state index in [9.17, 15) is 0 Å². The van der Waals surface area contributed by atoms with Crippen LogP contribution in [0.3, 0.4) is 0 Å². The highest BCUT2D eigenvalue weighted by Crippen LogP contribution is 2.18. The molecule has 0 saturated carbocycles. The fourth-order valence-corrected chi connectivity index (χ4v) is 2.26. The van der Waals surface area contributed by atoms with Gasteiger partial charge in [0.25, 0.3) is 0 Å². The Kier molecular flexibility index (Phi) is 2.51. The van der Waals surface area contributed by atoms with Gasteiger partial charge in [-0.3, -0.25) is 4.99 Å². The van der Waals surface area contributed by atoms with Gasteiger partial charge in [0.05, 0.1) is 6.54 Å². The molecule has 80 valence electrons. The number of aryl methyl sites for hydroxylation is 3. The first-order valence-electron chi connectivity index (χ1n) is 5.47. The van der Waals surface area contributed by atoms with Crippen LogP contribution in [0.2, 0.25) is 0 Å². The molecule has 15 heavy (non-hydrogen) atoms. The zero-order valence-electron chi connectivity index (χ0n) is 9.89. The molecule has 1 aliphatic rings. The minimum Gasteiger partial charge on any atom is -0.366 e. The molecule has 0 aliphatic carbocycles. The number of hydrogen-bond acceptors (Lipinski definition) is 2. The summed E-state index contributed by atoms with van der Waals surface area (Å²) < 4.78 is 0. The van der Waals surface area contributed by atoms with Gasteiger partial charge in [0.1, 0.15) is 5.84 Å². The van der Waals surface area contributed by atoms with Crippen LogP contribution in [0.15, 0.2) is 17.1 Å². The molecule has 0 fully saturated rings. The lowest BCUT2D eigenvalue weighted by Gasteiger charge is -2.12. The Morgan fingerprint density at radius 3 is 2.27 bits per heavy atom. The Labute approximate surface area is 91.4 Å². The Bertz CT molecular complexity index is 396. The predicted octanol–water partition coefficient (Wildman–Crippen LogP) is 2.35. The highest BCUT2D eigenvalue weighted by atomic mass is 15.1. The number of nitrogens with one attached hydrogen (secondary N) is 1. The van der Waals surface area contributed by atoms with Crippen molar-refractivity contribution >= 4 is 5.84 Å². The molecule has 0 radical (unpaired) electrons. The minimum absolute atomic E-state index is 0.472. The third-order valence-electron chi connectivity index (χ3n) is 2.82. The van der Waals surface area contributed by atoms with Gasteiger partial charge in [0.15, 0.2) is 0 Å². The van der Waals surface area contributed by atoms with Crippen LogP contribution in [0, 0.1) is 20.8 Å². The van der Waals surface area contributed by atoms with Crippen LogP contribution in [-0.4, -0.2) is 18.4 Å². The van der Waals surface area contributed by atoms with E-state index in [0.717, 1.165) is 12.4 Å². The molecule has 0 amide bonds. The van der Waals surface area contributed by atoms with E-state index < -0.39 is 0 Å². The molecule has 0 spiro atoms. The van der Waals surface area contributed by atoms with Crippen LogP contribution >= 0.6 is 0 Å². The molecule has 1 aromatic carbocycles. The number of amidine groups is 1. The Morgan fingerprint density at radius 1 is 1.20 bits per heavy atom. The van der Waals surface area contributed by atoms with Gasteiger partial charge in [-0.2, -0.15) is 0 Å². The number of benzene rings is 1. The summed E-state index contributed by atoms with van der Waals surface area (Å²) in [5, 5.41) is 3.42. The Balaban J connectivity index is 2.45. The summed E-state index contributed by atoms with van der Waals surface area (Å²) in [6, 6.07) is 4.91. The lowest BCUT2D eigenvalue weighted by molar-refractivity contribution is 0.726. The van der Waals surface area contributed by atoms with Gasteiger partial charge in [-0.1, -0.05) is 17.7 Å². The van der Waals surface area contributed by atoms with Gasteiger partial charge < -0.3 is 5.32 Å². The van der Waals surface area contributed by atoms with E-state index in [0.29, 0.717) is 6.04 Å². The number of hydrogen-bond donors (Lipinski definition) is 1. The highest BCUT2D eigenvalue weighted by molar-refractivity contribution is 6.02. The third kappa shape index (κ3) is 1.89. The van der Waals surface area contributed by atoms with Crippen molar-refractivity contribution in [2.75, 3.05) is 6.54 Å². The molecule has 1 atom stereocenters. The van der Waals surface area contributed by atoms with Crippen LogP contribution in [0.4, 0.5) is 0 Å². The summed E-state index contributed by atoms with van der Waals surface area (Å²) in [5.41, 5.74) is 5.23. The maximum atomic E-state index is 4.54. The molecule has 0 saturated heterocycles. The van der Waals surface area contributed by atoms with E-state index in [1.54, 1.807) is 0 Å². The Hall–Kier alpha value is -1.31. The molecule has 1 N–H and O–H groups in total. The first-order valence-corrected chi connectivity index (χ1v) is 5.47. The molecular formula is C13H18N2. The molecule has 1 aromatic rings. The zero-order valence-corrected chi connectivity index (χ0v) is 9.89. The van der Waals surface area contributed by atoms with Crippen molar-refractivity contribution in [3.63, 3.8) is 0 Å². The van der Waals surface area contributed by atoms with Crippen LogP contribution in [0.5, 0.6) is 0 Å². The van der Waals surface area contributed by atoms with E-state index in [2.05, 4.69) is 50.1 Å². The van der Waals surface area contributed by atoms with Crippen molar-refractivity contribution < 1.29 is 0 Å². The summed E-state index contributed by atoms with van der Waals surface area (Å²) in [4.78, 5) is 4.54. The summed E-state index contributed by atoms with van der Waals surface area (Å²) >= 11 is 0. The molecule has 1 unspecified atom stereocenters. The second-order valence-electron chi connectivity index (χ2n) is 4.51. The van der Waals surface area contributed by atoms with E-state index in [4.69, 9.17) is 0 Å². The molecule has 2 heteroatoms. The van der Waals surface area contributed by atoms with E-state index in [1.807, 2.05) is 0 Å². The molecule has 1 heterocycles. The van der Waals surface area contributed by atoms with Crippen LogP contribution in [0.1, 0.15) is 29.2 Å². The standard InChI is InChI=1S/C13H18N2/c1-8-5-9(2)12(10(3)6-8)13-14-7-11(4)15-13/h5-6,11H,7H2,1-4H3,(H,14,15). The number of aliphatic imine (C=N–C) groups is 1. The SMILES string of the molecule is Cc1cc(C)c(C2=NCC(C)N2)c(C)c1. The first kappa shape index (κ1) is 10.2. The summed E-state index contributed by atoms with van der Waals surface area (Å²) in [7, 11) is 0. The summed E-state index contributed by atoms with van der Waals surface area (Å²) in [6.45, 7) is 9.50. The second kappa shape index (κ2) is 3.69. The number of nitrogens with zero attached hydrogens (tertiary/aromatic N) is 1. The topological polar surface area (TPSA) is 24.4 Å². The fourth-order valence-electron chi connectivity index (χ4n) is 2.26. The van der Waals surface area contributed by atoms with Gasteiger partial charge in [0.2, 0.25) is 0 Å². The van der Waals surface area contributed by atoms with Crippen molar-refractivity contribution in [2.45, 2.75) is 33.7 Å². The molecular weight excluding hydrogens is 184 g/mol. The third-order valence-corrected chi connectivity index (χ3v) is 2.82. The Morgan fingerprint density at radius 2 is 1.80 bits per heavy atom. The van der Waals surface area contributed by atoms with E-state index in [1.165, 1.54) is 22.3 Å². The lowest BCUT2D eigenvalue weighted by atomic mass is 9.99. The van der Waals surface area contributed by atoms with Gasteiger partial charge in [-0.15, -0.1) is 0 Å². The van der Waals surface area contributed by atoms with Crippen molar-refractivity contribution in [2.24, 2.45) is 4.99 Å². The minimum atomic E-state index is 0.472. The molecule has 0 bridgehead atoms. The lowest BCUT2D eigenvalue weighted by Crippen LogP contribution is -2.28. The quantitative estimate of drug-likeness (QED) is 0.742. The van der Waals surface area contributed by atoms with Crippen molar-refractivity contribution in [3.8, 4) is 0 Å². The predicted molar refractivity (Wildman–Crippen MR) is 64.7 cm³/mol. The van der Waals surface area contributed by atoms with Crippen LogP contribution < -0.4 is 5.32 Å².